The first kappa shape index (κ1) is 16.9. The van der Waals surface area contributed by atoms with Crippen LogP contribution in [0.3, 0.4) is 0 Å². The van der Waals surface area contributed by atoms with Crippen molar-refractivity contribution >= 4 is 5.91 Å². The molecule has 1 fully saturated rings. The van der Waals surface area contributed by atoms with Crippen LogP contribution in [0.25, 0.3) is 0 Å². The zero-order chi connectivity index (χ0) is 15.8. The van der Waals surface area contributed by atoms with Crippen LogP contribution in [0.5, 0.6) is 0 Å². The first-order valence-corrected chi connectivity index (χ1v) is 7.95. The van der Waals surface area contributed by atoms with Gasteiger partial charge in [0.15, 0.2) is 0 Å². The number of nitrogens with zero attached hydrogens (tertiary/aromatic N) is 2. The maximum atomic E-state index is 12.2. The Morgan fingerprint density at radius 2 is 2.18 bits per heavy atom. The molecule has 22 heavy (non-hydrogen) atoms. The van der Waals surface area contributed by atoms with Gasteiger partial charge in [0.25, 0.3) is 0 Å². The van der Waals surface area contributed by atoms with Crippen LogP contribution in [0, 0.1) is 0 Å². The normalized spacial score (nSPS) is 19.1. The van der Waals surface area contributed by atoms with Crippen molar-refractivity contribution in [3.8, 4) is 0 Å². The number of hydrogen-bond donors (Lipinski definition) is 1. The van der Waals surface area contributed by atoms with Crippen molar-refractivity contribution in [3.63, 3.8) is 0 Å². The van der Waals surface area contributed by atoms with Crippen molar-refractivity contribution < 1.29 is 9.53 Å². The highest BCUT2D eigenvalue weighted by molar-refractivity contribution is 5.76. The molecule has 0 radical (unpaired) electrons. The van der Waals surface area contributed by atoms with Crippen LogP contribution < -0.4 is 5.32 Å². The van der Waals surface area contributed by atoms with Crippen LogP contribution in [0.2, 0.25) is 0 Å². The minimum atomic E-state index is 0.00185. The van der Waals surface area contributed by atoms with E-state index in [2.05, 4.69) is 34.5 Å². The van der Waals surface area contributed by atoms with E-state index in [-0.39, 0.29) is 12.0 Å². The second-order valence-electron chi connectivity index (χ2n) is 5.84. The first-order chi connectivity index (χ1) is 10.7. The third-order valence-corrected chi connectivity index (χ3v) is 4.00. The fourth-order valence-electron chi connectivity index (χ4n) is 2.64. The van der Waals surface area contributed by atoms with Crippen molar-refractivity contribution in [1.29, 1.82) is 0 Å². The number of carbonyl (C=O) groups is 1. The van der Waals surface area contributed by atoms with Crippen LogP contribution >= 0.6 is 0 Å². The van der Waals surface area contributed by atoms with E-state index < -0.39 is 0 Å². The molecular formula is C17H27N3O2. The van der Waals surface area contributed by atoms with Crippen molar-refractivity contribution in [1.82, 2.24) is 15.1 Å². The lowest BCUT2D eigenvalue weighted by Gasteiger charge is -2.33. The molecule has 1 N–H and O–H groups in total. The minimum Gasteiger partial charge on any atom is -0.375 e. The Balaban J connectivity index is 1.79. The van der Waals surface area contributed by atoms with Crippen molar-refractivity contribution in [2.75, 3.05) is 46.9 Å². The fraction of sp³-hybridized carbons (Fsp3) is 0.588. The molecule has 1 aliphatic rings. The van der Waals surface area contributed by atoms with E-state index in [1.807, 2.05) is 20.2 Å². The molecule has 122 valence electrons. The summed E-state index contributed by atoms with van der Waals surface area (Å²) in [5.41, 5.74) is 1.31. The molecule has 1 saturated heterocycles. The summed E-state index contributed by atoms with van der Waals surface area (Å²) in [4.78, 5) is 16.3. The maximum absolute atomic E-state index is 12.2. The summed E-state index contributed by atoms with van der Waals surface area (Å²) in [5.74, 6) is 0.154. The lowest BCUT2D eigenvalue weighted by molar-refractivity contribution is -0.135. The number of likely N-dealkylation sites (N-methyl/N-ethyl adjacent to an activating group) is 2. The summed E-state index contributed by atoms with van der Waals surface area (Å²) in [6.45, 7) is 4.91. The third kappa shape index (κ3) is 5.40. The molecule has 5 heteroatoms. The summed E-state index contributed by atoms with van der Waals surface area (Å²) in [5, 5.41) is 3.06. The van der Waals surface area contributed by atoms with Crippen LogP contribution in [0.4, 0.5) is 0 Å². The van der Waals surface area contributed by atoms with Crippen LogP contribution in [-0.2, 0) is 16.1 Å². The van der Waals surface area contributed by atoms with Gasteiger partial charge in [-0.15, -0.1) is 0 Å². The first-order valence-electron chi connectivity index (χ1n) is 7.95. The van der Waals surface area contributed by atoms with Gasteiger partial charge in [-0.05, 0) is 12.6 Å². The van der Waals surface area contributed by atoms with E-state index in [9.17, 15) is 4.79 Å². The van der Waals surface area contributed by atoms with Gasteiger partial charge in [0.2, 0.25) is 5.91 Å². The molecule has 1 aliphatic heterocycles. The molecule has 1 amide bonds. The Morgan fingerprint density at radius 1 is 1.41 bits per heavy atom. The highest BCUT2D eigenvalue weighted by Crippen LogP contribution is 2.13. The van der Waals surface area contributed by atoms with E-state index in [1.165, 1.54) is 5.56 Å². The van der Waals surface area contributed by atoms with Crippen molar-refractivity contribution in [3.05, 3.63) is 35.9 Å². The van der Waals surface area contributed by atoms with Gasteiger partial charge in [-0.25, -0.2) is 0 Å². The van der Waals surface area contributed by atoms with Gasteiger partial charge in [0.1, 0.15) is 0 Å². The number of morpholine rings is 1. The van der Waals surface area contributed by atoms with Crippen molar-refractivity contribution in [2.45, 2.75) is 19.1 Å². The summed E-state index contributed by atoms with van der Waals surface area (Å²) >= 11 is 0. The number of rotatable bonds is 7. The van der Waals surface area contributed by atoms with Crippen LogP contribution in [0.1, 0.15) is 12.0 Å². The number of hydrogen-bond acceptors (Lipinski definition) is 4. The van der Waals surface area contributed by atoms with Gasteiger partial charge in [-0.2, -0.15) is 0 Å². The van der Waals surface area contributed by atoms with Gasteiger partial charge < -0.3 is 15.0 Å². The van der Waals surface area contributed by atoms with E-state index in [1.54, 1.807) is 4.90 Å². The van der Waals surface area contributed by atoms with Gasteiger partial charge in [-0.3, -0.25) is 9.69 Å². The Morgan fingerprint density at radius 3 is 2.91 bits per heavy atom. The highest BCUT2D eigenvalue weighted by atomic mass is 16.5. The third-order valence-electron chi connectivity index (χ3n) is 4.00. The standard InChI is InChI=1S/C17H27N3O2/c1-18-8-9-19(2)17(21)12-16-14-20(10-11-22-16)13-15-6-4-3-5-7-15/h3-7,16,18H,8-14H2,1-2H3. The van der Waals surface area contributed by atoms with Gasteiger partial charge in [0, 0.05) is 39.8 Å². The minimum absolute atomic E-state index is 0.00185. The van der Waals surface area contributed by atoms with Crippen LogP contribution in [-0.4, -0.2) is 68.7 Å². The molecule has 2 rings (SSSR count). The van der Waals surface area contributed by atoms with Crippen LogP contribution in [0.15, 0.2) is 30.3 Å². The fourth-order valence-corrected chi connectivity index (χ4v) is 2.64. The summed E-state index contributed by atoms with van der Waals surface area (Å²) in [6, 6.07) is 10.4. The average molecular weight is 305 g/mol. The van der Waals surface area contributed by atoms with E-state index in [0.29, 0.717) is 13.0 Å². The zero-order valence-electron chi connectivity index (χ0n) is 13.6. The molecule has 1 heterocycles. The smallest absolute Gasteiger partial charge is 0.225 e. The molecule has 0 saturated carbocycles. The predicted octanol–water partition coefficient (Wildman–Crippen LogP) is 0.955. The topological polar surface area (TPSA) is 44.8 Å². The molecular weight excluding hydrogens is 278 g/mol. The Hall–Kier alpha value is -1.43. The number of benzene rings is 1. The molecule has 1 aromatic rings. The lowest BCUT2D eigenvalue weighted by atomic mass is 10.1. The molecule has 0 spiro atoms. The van der Waals surface area contributed by atoms with Gasteiger partial charge in [0.05, 0.1) is 19.1 Å². The highest BCUT2D eigenvalue weighted by Gasteiger charge is 2.24. The lowest BCUT2D eigenvalue weighted by Crippen LogP contribution is -2.44. The molecule has 0 aliphatic carbocycles. The number of carbonyl (C=O) groups excluding carboxylic acids is 1. The molecule has 0 aromatic heterocycles. The molecule has 1 unspecified atom stereocenters. The van der Waals surface area contributed by atoms with E-state index in [4.69, 9.17) is 4.74 Å². The predicted molar refractivity (Wildman–Crippen MR) is 87.6 cm³/mol. The molecule has 1 aromatic carbocycles. The summed E-state index contributed by atoms with van der Waals surface area (Å²) in [6.07, 6.45) is 0.466. The quantitative estimate of drug-likeness (QED) is 0.815. The Labute approximate surface area is 133 Å². The summed E-state index contributed by atoms with van der Waals surface area (Å²) < 4.78 is 5.77. The maximum Gasteiger partial charge on any atom is 0.225 e. The van der Waals surface area contributed by atoms with E-state index in [0.717, 1.165) is 32.7 Å². The van der Waals surface area contributed by atoms with Gasteiger partial charge >= 0.3 is 0 Å². The Kier molecular flexibility index (Phi) is 6.83. The molecule has 5 nitrogen and oxygen atoms in total. The largest absolute Gasteiger partial charge is 0.375 e. The number of ether oxygens (including phenoxy) is 1. The monoisotopic (exact) mass is 305 g/mol. The van der Waals surface area contributed by atoms with Crippen molar-refractivity contribution in [2.24, 2.45) is 0 Å². The van der Waals surface area contributed by atoms with E-state index >= 15 is 0 Å². The molecule has 1 atom stereocenters. The number of nitrogens with one attached hydrogen (secondary N) is 1. The second-order valence-corrected chi connectivity index (χ2v) is 5.84. The molecule has 0 bridgehead atoms. The number of amides is 1. The second kappa shape index (κ2) is 8.88. The zero-order valence-corrected chi connectivity index (χ0v) is 13.6. The Bertz CT molecular complexity index is 452. The summed E-state index contributed by atoms with van der Waals surface area (Å²) in [7, 11) is 3.74. The SMILES string of the molecule is CNCCN(C)C(=O)CC1CN(Cc2ccccc2)CCO1. The van der Waals surface area contributed by atoms with Gasteiger partial charge in [-0.1, -0.05) is 30.3 Å². The average Bonchev–Trinajstić information content (AvgIpc) is 2.54.